The second-order valence-corrected chi connectivity index (χ2v) is 6.88. The summed E-state index contributed by atoms with van der Waals surface area (Å²) in [6, 6.07) is 14.7. The molecule has 0 spiro atoms. The number of rotatable bonds is 3. The van der Waals surface area contributed by atoms with E-state index in [1.165, 1.54) is 15.6 Å². The fourth-order valence-electron chi connectivity index (χ4n) is 2.49. The van der Waals surface area contributed by atoms with E-state index in [1.54, 1.807) is 11.3 Å². The number of fused-ring (bicyclic) bond motifs is 1. The summed E-state index contributed by atoms with van der Waals surface area (Å²) in [6.07, 6.45) is 0. The molecule has 0 aliphatic rings. The second kappa shape index (κ2) is 5.86. The Balaban J connectivity index is 2.16. The molecule has 0 radical (unpaired) electrons. The van der Waals surface area contributed by atoms with Gasteiger partial charge in [0.15, 0.2) is 0 Å². The topological polar surface area (TPSA) is 12.0 Å². The Morgan fingerprint density at radius 3 is 2.80 bits per heavy atom. The third-order valence-electron chi connectivity index (χ3n) is 3.33. The van der Waals surface area contributed by atoms with Gasteiger partial charge in [-0.3, -0.25) is 0 Å². The van der Waals surface area contributed by atoms with Gasteiger partial charge < -0.3 is 5.32 Å². The summed E-state index contributed by atoms with van der Waals surface area (Å²) in [6.45, 7) is 0. The summed E-state index contributed by atoms with van der Waals surface area (Å²) in [5.74, 6) is 0. The molecule has 2 aromatic carbocycles. The molecule has 3 rings (SSSR count). The summed E-state index contributed by atoms with van der Waals surface area (Å²) < 4.78 is 2.32. The van der Waals surface area contributed by atoms with E-state index in [0.717, 1.165) is 15.1 Å². The molecule has 0 amide bonds. The first kappa shape index (κ1) is 14.1. The van der Waals surface area contributed by atoms with Crippen molar-refractivity contribution in [3.63, 3.8) is 0 Å². The number of hydrogen-bond acceptors (Lipinski definition) is 2. The number of benzene rings is 2. The first-order chi connectivity index (χ1) is 9.69. The molecule has 1 N–H and O–H groups in total. The van der Waals surface area contributed by atoms with Gasteiger partial charge in [-0.2, -0.15) is 0 Å². The molecular formula is C16H13BrClNS. The molecule has 0 saturated carbocycles. The molecule has 0 saturated heterocycles. The van der Waals surface area contributed by atoms with E-state index in [9.17, 15) is 0 Å². The number of thiophene rings is 1. The van der Waals surface area contributed by atoms with Crippen LogP contribution in [0.2, 0.25) is 5.02 Å². The fourth-order valence-corrected chi connectivity index (χ4v) is 4.32. The number of halogens is 2. The van der Waals surface area contributed by atoms with E-state index in [0.29, 0.717) is 0 Å². The van der Waals surface area contributed by atoms with Gasteiger partial charge in [0.2, 0.25) is 0 Å². The van der Waals surface area contributed by atoms with Crippen molar-refractivity contribution in [3.8, 4) is 0 Å². The Hall–Kier alpha value is -0.870. The Kier molecular flexibility index (Phi) is 4.13. The van der Waals surface area contributed by atoms with Crippen molar-refractivity contribution in [1.29, 1.82) is 0 Å². The molecule has 1 atom stereocenters. The summed E-state index contributed by atoms with van der Waals surface area (Å²) in [5, 5.41) is 7.56. The quantitative estimate of drug-likeness (QED) is 0.634. The van der Waals surface area contributed by atoms with E-state index in [1.807, 2.05) is 19.2 Å². The molecule has 0 aliphatic carbocycles. The van der Waals surface area contributed by atoms with Gasteiger partial charge in [0, 0.05) is 14.2 Å². The molecule has 1 aromatic heterocycles. The Morgan fingerprint density at radius 2 is 2.05 bits per heavy atom. The van der Waals surface area contributed by atoms with Gasteiger partial charge in [-0.1, -0.05) is 45.7 Å². The Morgan fingerprint density at radius 1 is 1.20 bits per heavy atom. The average Bonchev–Trinajstić information content (AvgIpc) is 2.87. The van der Waals surface area contributed by atoms with Gasteiger partial charge in [0.1, 0.15) is 0 Å². The van der Waals surface area contributed by atoms with Crippen molar-refractivity contribution in [2.45, 2.75) is 6.04 Å². The third kappa shape index (κ3) is 2.63. The Bertz CT molecular complexity index is 733. The maximum atomic E-state index is 6.18. The van der Waals surface area contributed by atoms with Crippen molar-refractivity contribution in [2.24, 2.45) is 0 Å². The smallest absolute Gasteiger partial charge is 0.0589 e. The van der Waals surface area contributed by atoms with Crippen molar-refractivity contribution >= 4 is 49.0 Å². The van der Waals surface area contributed by atoms with Crippen LogP contribution in [-0.2, 0) is 0 Å². The predicted molar refractivity (Wildman–Crippen MR) is 91.9 cm³/mol. The zero-order chi connectivity index (χ0) is 14.1. The van der Waals surface area contributed by atoms with Gasteiger partial charge in [-0.15, -0.1) is 11.3 Å². The van der Waals surface area contributed by atoms with Crippen molar-refractivity contribution in [2.75, 3.05) is 7.05 Å². The minimum absolute atomic E-state index is 0.132. The monoisotopic (exact) mass is 365 g/mol. The summed E-state index contributed by atoms with van der Waals surface area (Å²) in [4.78, 5) is 0. The van der Waals surface area contributed by atoms with Gasteiger partial charge in [-0.25, -0.2) is 0 Å². The summed E-state index contributed by atoms with van der Waals surface area (Å²) in [5.41, 5.74) is 2.45. The molecule has 102 valence electrons. The van der Waals surface area contributed by atoms with E-state index < -0.39 is 0 Å². The largest absolute Gasteiger partial charge is 0.309 e. The van der Waals surface area contributed by atoms with Crippen LogP contribution in [0.25, 0.3) is 10.1 Å². The second-order valence-electron chi connectivity index (χ2n) is 4.61. The van der Waals surface area contributed by atoms with Crippen LogP contribution in [0.15, 0.2) is 52.3 Å². The highest BCUT2D eigenvalue weighted by molar-refractivity contribution is 9.10. The third-order valence-corrected chi connectivity index (χ3v) is 4.98. The maximum Gasteiger partial charge on any atom is 0.0589 e. The highest BCUT2D eigenvalue weighted by atomic mass is 79.9. The van der Waals surface area contributed by atoms with Gasteiger partial charge in [0.25, 0.3) is 0 Å². The molecule has 20 heavy (non-hydrogen) atoms. The first-order valence-electron chi connectivity index (χ1n) is 6.28. The normalized spacial score (nSPS) is 12.8. The fraction of sp³-hybridized carbons (Fsp3) is 0.125. The van der Waals surface area contributed by atoms with Gasteiger partial charge in [0.05, 0.1) is 6.04 Å². The molecule has 1 unspecified atom stereocenters. The van der Waals surface area contributed by atoms with E-state index in [4.69, 9.17) is 11.6 Å². The zero-order valence-corrected chi connectivity index (χ0v) is 14.0. The molecule has 0 aliphatic heterocycles. The van der Waals surface area contributed by atoms with E-state index in [-0.39, 0.29) is 6.04 Å². The van der Waals surface area contributed by atoms with Crippen molar-refractivity contribution in [3.05, 3.63) is 68.5 Å². The van der Waals surface area contributed by atoms with Crippen LogP contribution < -0.4 is 5.32 Å². The predicted octanol–water partition coefficient (Wildman–Crippen LogP) is 5.63. The molecule has 4 heteroatoms. The lowest BCUT2D eigenvalue weighted by molar-refractivity contribution is 0.697. The Labute approximate surface area is 135 Å². The van der Waals surface area contributed by atoms with E-state index >= 15 is 0 Å². The standard InChI is InChI=1S/C16H13BrClNS/c1-19-15(11-7-12(17)9-13(18)8-11)14-4-2-3-10-5-6-20-16(10)14/h2-9,15,19H,1H3. The average molecular weight is 367 g/mol. The number of hydrogen-bond donors (Lipinski definition) is 1. The zero-order valence-electron chi connectivity index (χ0n) is 10.9. The summed E-state index contributed by atoms with van der Waals surface area (Å²) >= 11 is 11.5. The highest BCUT2D eigenvalue weighted by Gasteiger charge is 2.16. The lowest BCUT2D eigenvalue weighted by atomic mass is 9.98. The van der Waals surface area contributed by atoms with Crippen LogP contribution in [0, 0.1) is 0 Å². The SMILES string of the molecule is CNC(c1cc(Cl)cc(Br)c1)c1cccc2ccsc12. The lowest BCUT2D eigenvalue weighted by Gasteiger charge is -2.19. The lowest BCUT2D eigenvalue weighted by Crippen LogP contribution is -2.17. The molecular weight excluding hydrogens is 354 g/mol. The van der Waals surface area contributed by atoms with Crippen LogP contribution in [0.4, 0.5) is 0 Å². The van der Waals surface area contributed by atoms with Crippen LogP contribution >= 0.6 is 38.9 Å². The number of nitrogens with one attached hydrogen (secondary N) is 1. The molecule has 0 fully saturated rings. The highest BCUT2D eigenvalue weighted by Crippen LogP contribution is 2.34. The summed E-state index contributed by atoms with van der Waals surface area (Å²) in [7, 11) is 1.98. The van der Waals surface area contributed by atoms with Crippen molar-refractivity contribution < 1.29 is 0 Å². The van der Waals surface area contributed by atoms with E-state index in [2.05, 4.69) is 57.0 Å². The molecule has 3 aromatic rings. The van der Waals surface area contributed by atoms with Gasteiger partial charge >= 0.3 is 0 Å². The molecule has 1 heterocycles. The van der Waals surface area contributed by atoms with Gasteiger partial charge in [-0.05, 0) is 53.2 Å². The van der Waals surface area contributed by atoms with Crippen LogP contribution in [-0.4, -0.2) is 7.05 Å². The molecule has 1 nitrogen and oxygen atoms in total. The minimum atomic E-state index is 0.132. The minimum Gasteiger partial charge on any atom is -0.309 e. The maximum absolute atomic E-state index is 6.18. The van der Waals surface area contributed by atoms with Crippen LogP contribution in [0.5, 0.6) is 0 Å². The van der Waals surface area contributed by atoms with Crippen LogP contribution in [0.1, 0.15) is 17.2 Å². The first-order valence-corrected chi connectivity index (χ1v) is 8.33. The van der Waals surface area contributed by atoms with Crippen molar-refractivity contribution in [1.82, 2.24) is 5.32 Å². The molecule has 0 bridgehead atoms. The van der Waals surface area contributed by atoms with Crippen LogP contribution in [0.3, 0.4) is 0 Å².